The standard InChI is InChI=1S/C12H10FN3O3/c1-7-2-3-8(13)6-10(7)19-12-9(16(17)18)4-5-11(14)15-12/h2-6H,1H3,(H2,14,15). The van der Waals surface area contributed by atoms with Crippen LogP contribution in [0.25, 0.3) is 0 Å². The Balaban J connectivity index is 2.45. The average Bonchev–Trinajstić information content (AvgIpc) is 2.33. The number of hydrogen-bond acceptors (Lipinski definition) is 5. The first kappa shape index (κ1) is 12.7. The van der Waals surface area contributed by atoms with Crippen LogP contribution in [0.4, 0.5) is 15.9 Å². The number of nitrogens with two attached hydrogens (primary N) is 1. The molecule has 0 aliphatic carbocycles. The molecule has 2 N–H and O–H groups in total. The largest absolute Gasteiger partial charge is 0.433 e. The lowest BCUT2D eigenvalue weighted by Crippen LogP contribution is -1.99. The van der Waals surface area contributed by atoms with Crippen LogP contribution in [0.15, 0.2) is 30.3 Å². The van der Waals surface area contributed by atoms with Crippen molar-refractivity contribution in [3.63, 3.8) is 0 Å². The number of nitro groups is 1. The summed E-state index contributed by atoms with van der Waals surface area (Å²) >= 11 is 0. The predicted molar refractivity (Wildman–Crippen MR) is 66.5 cm³/mol. The van der Waals surface area contributed by atoms with Crippen molar-refractivity contribution < 1.29 is 14.1 Å². The number of aryl methyl sites for hydroxylation is 1. The summed E-state index contributed by atoms with van der Waals surface area (Å²) < 4.78 is 18.4. The smallest absolute Gasteiger partial charge is 0.331 e. The molecule has 0 saturated heterocycles. The number of rotatable bonds is 3. The lowest BCUT2D eigenvalue weighted by Gasteiger charge is -2.08. The molecule has 0 amide bonds. The number of nitrogen functional groups attached to an aromatic ring is 1. The van der Waals surface area contributed by atoms with Gasteiger partial charge in [-0.1, -0.05) is 6.07 Å². The third-order valence-electron chi connectivity index (χ3n) is 2.42. The zero-order chi connectivity index (χ0) is 14.0. The second-order valence-electron chi connectivity index (χ2n) is 3.83. The van der Waals surface area contributed by atoms with Crippen molar-refractivity contribution in [1.82, 2.24) is 4.98 Å². The topological polar surface area (TPSA) is 91.3 Å². The first-order valence-electron chi connectivity index (χ1n) is 5.32. The van der Waals surface area contributed by atoms with Crippen molar-refractivity contribution in [1.29, 1.82) is 0 Å². The summed E-state index contributed by atoms with van der Waals surface area (Å²) in [5.74, 6) is -0.540. The summed E-state index contributed by atoms with van der Waals surface area (Å²) in [7, 11) is 0. The minimum atomic E-state index is -0.642. The quantitative estimate of drug-likeness (QED) is 0.679. The number of benzene rings is 1. The molecule has 19 heavy (non-hydrogen) atoms. The lowest BCUT2D eigenvalue weighted by atomic mass is 10.2. The maximum absolute atomic E-state index is 13.1. The molecular weight excluding hydrogens is 253 g/mol. The maximum Gasteiger partial charge on any atom is 0.331 e. The Bertz CT molecular complexity index is 646. The van der Waals surface area contributed by atoms with Gasteiger partial charge >= 0.3 is 11.6 Å². The van der Waals surface area contributed by atoms with Crippen LogP contribution in [0, 0.1) is 22.9 Å². The van der Waals surface area contributed by atoms with Crippen LogP contribution in [-0.4, -0.2) is 9.91 Å². The molecule has 0 bridgehead atoms. The monoisotopic (exact) mass is 263 g/mol. The summed E-state index contributed by atoms with van der Waals surface area (Å²) in [5, 5.41) is 10.8. The Labute approximate surface area is 107 Å². The van der Waals surface area contributed by atoms with Gasteiger partial charge in [-0.15, -0.1) is 0 Å². The fourth-order valence-electron chi connectivity index (χ4n) is 1.45. The molecule has 0 atom stereocenters. The van der Waals surface area contributed by atoms with Crippen LogP contribution in [-0.2, 0) is 0 Å². The van der Waals surface area contributed by atoms with Gasteiger partial charge in [-0.25, -0.2) is 4.39 Å². The average molecular weight is 263 g/mol. The number of pyridine rings is 1. The van der Waals surface area contributed by atoms with E-state index in [1.165, 1.54) is 24.3 Å². The first-order valence-corrected chi connectivity index (χ1v) is 5.32. The predicted octanol–water partition coefficient (Wildman–Crippen LogP) is 2.81. The van der Waals surface area contributed by atoms with Gasteiger partial charge in [0.05, 0.1) is 4.92 Å². The summed E-state index contributed by atoms with van der Waals surface area (Å²) in [6.07, 6.45) is 0. The lowest BCUT2D eigenvalue weighted by molar-refractivity contribution is -0.386. The van der Waals surface area contributed by atoms with Crippen molar-refractivity contribution in [3.05, 3.63) is 51.8 Å². The van der Waals surface area contributed by atoms with Crippen molar-refractivity contribution in [2.75, 3.05) is 5.73 Å². The highest BCUT2D eigenvalue weighted by Gasteiger charge is 2.18. The van der Waals surface area contributed by atoms with E-state index in [-0.39, 0.29) is 23.1 Å². The van der Waals surface area contributed by atoms with E-state index >= 15 is 0 Å². The molecule has 0 spiro atoms. The molecule has 1 aromatic carbocycles. The molecule has 2 rings (SSSR count). The van der Waals surface area contributed by atoms with E-state index in [1.54, 1.807) is 6.92 Å². The first-order chi connectivity index (χ1) is 8.97. The second kappa shape index (κ2) is 4.89. The van der Waals surface area contributed by atoms with Gasteiger partial charge in [0.1, 0.15) is 17.4 Å². The molecule has 2 aromatic rings. The third-order valence-corrected chi connectivity index (χ3v) is 2.42. The Morgan fingerprint density at radius 3 is 2.79 bits per heavy atom. The maximum atomic E-state index is 13.1. The van der Waals surface area contributed by atoms with E-state index in [0.717, 1.165) is 6.07 Å². The van der Waals surface area contributed by atoms with E-state index in [9.17, 15) is 14.5 Å². The molecule has 0 fully saturated rings. The second-order valence-corrected chi connectivity index (χ2v) is 3.83. The van der Waals surface area contributed by atoms with Gasteiger partial charge in [0.2, 0.25) is 0 Å². The van der Waals surface area contributed by atoms with Gasteiger partial charge in [0.25, 0.3) is 0 Å². The van der Waals surface area contributed by atoms with Gasteiger partial charge in [-0.3, -0.25) is 10.1 Å². The molecule has 7 heteroatoms. The Kier molecular flexibility index (Phi) is 3.28. The van der Waals surface area contributed by atoms with Crippen molar-refractivity contribution in [2.24, 2.45) is 0 Å². The summed E-state index contributed by atoms with van der Waals surface area (Å²) in [6, 6.07) is 6.38. The van der Waals surface area contributed by atoms with Gasteiger partial charge in [-0.05, 0) is 24.6 Å². The number of anilines is 1. The molecule has 6 nitrogen and oxygen atoms in total. The van der Waals surface area contributed by atoms with Crippen LogP contribution in [0.1, 0.15) is 5.56 Å². The Morgan fingerprint density at radius 2 is 2.11 bits per heavy atom. The van der Waals surface area contributed by atoms with Gasteiger partial charge in [0.15, 0.2) is 0 Å². The summed E-state index contributed by atoms with van der Waals surface area (Å²) in [6.45, 7) is 1.69. The number of hydrogen-bond donors (Lipinski definition) is 1. The normalized spacial score (nSPS) is 10.2. The highest BCUT2D eigenvalue weighted by atomic mass is 19.1. The van der Waals surface area contributed by atoms with Crippen LogP contribution in [0.2, 0.25) is 0 Å². The number of nitrogens with zero attached hydrogens (tertiary/aromatic N) is 2. The van der Waals surface area contributed by atoms with E-state index < -0.39 is 10.7 Å². The fraction of sp³-hybridized carbons (Fsp3) is 0.0833. The summed E-state index contributed by atoms with van der Waals surface area (Å²) in [4.78, 5) is 14.0. The van der Waals surface area contributed by atoms with Crippen LogP contribution < -0.4 is 10.5 Å². The fourth-order valence-corrected chi connectivity index (χ4v) is 1.45. The zero-order valence-corrected chi connectivity index (χ0v) is 9.96. The van der Waals surface area contributed by atoms with Crippen molar-refractivity contribution in [2.45, 2.75) is 6.92 Å². The summed E-state index contributed by atoms with van der Waals surface area (Å²) in [5.41, 5.74) is 5.75. The number of halogens is 1. The SMILES string of the molecule is Cc1ccc(F)cc1Oc1nc(N)ccc1[N+](=O)[O-]. The van der Waals surface area contributed by atoms with E-state index in [4.69, 9.17) is 10.5 Å². The van der Waals surface area contributed by atoms with E-state index in [1.807, 2.05) is 0 Å². The van der Waals surface area contributed by atoms with Gasteiger partial charge < -0.3 is 10.5 Å². The minimum Gasteiger partial charge on any atom is -0.433 e. The molecule has 1 heterocycles. The highest BCUT2D eigenvalue weighted by Crippen LogP contribution is 2.31. The van der Waals surface area contributed by atoms with E-state index in [0.29, 0.717) is 5.56 Å². The molecule has 1 aromatic heterocycles. The number of aromatic nitrogens is 1. The van der Waals surface area contributed by atoms with Crippen LogP contribution >= 0.6 is 0 Å². The zero-order valence-electron chi connectivity index (χ0n) is 9.96. The van der Waals surface area contributed by atoms with Crippen LogP contribution in [0.3, 0.4) is 0 Å². The van der Waals surface area contributed by atoms with Gasteiger partial charge in [0, 0.05) is 12.1 Å². The highest BCUT2D eigenvalue weighted by molar-refractivity contribution is 5.49. The Morgan fingerprint density at radius 1 is 1.37 bits per heavy atom. The molecule has 98 valence electrons. The molecule has 0 unspecified atom stereocenters. The molecule has 0 aliphatic rings. The van der Waals surface area contributed by atoms with Crippen molar-refractivity contribution in [3.8, 4) is 11.6 Å². The van der Waals surface area contributed by atoms with Gasteiger partial charge in [-0.2, -0.15) is 4.98 Å². The van der Waals surface area contributed by atoms with Crippen LogP contribution in [0.5, 0.6) is 11.6 Å². The molecule has 0 radical (unpaired) electrons. The molecule has 0 saturated carbocycles. The molecule has 0 aliphatic heterocycles. The Hall–Kier alpha value is -2.70. The van der Waals surface area contributed by atoms with Crippen molar-refractivity contribution >= 4 is 11.5 Å². The third kappa shape index (κ3) is 2.76. The van der Waals surface area contributed by atoms with E-state index in [2.05, 4.69) is 4.98 Å². The minimum absolute atomic E-state index is 0.0784. The number of ether oxygens (including phenoxy) is 1. The molecular formula is C12H10FN3O3.